The summed E-state index contributed by atoms with van der Waals surface area (Å²) in [6.45, 7) is 5.04. The van der Waals surface area contributed by atoms with Crippen molar-refractivity contribution in [2.45, 2.75) is 13.0 Å². The van der Waals surface area contributed by atoms with E-state index in [0.717, 1.165) is 13.2 Å². The smallest absolute Gasteiger partial charge is 0.341 e. The Morgan fingerprint density at radius 2 is 2.58 bits per heavy atom. The Morgan fingerprint density at radius 3 is 3.32 bits per heavy atom. The molecule has 1 atom stereocenters. The molecule has 1 aliphatic rings. The third-order valence-electron chi connectivity index (χ3n) is 2.82. The molecule has 6 nitrogen and oxygen atoms in total. The average Bonchev–Trinajstić information content (AvgIpc) is 2.47. The van der Waals surface area contributed by atoms with Crippen molar-refractivity contribution in [1.29, 1.82) is 0 Å². The van der Waals surface area contributed by atoms with Gasteiger partial charge in [-0.1, -0.05) is 0 Å². The van der Waals surface area contributed by atoms with Crippen LogP contribution < -0.4 is 10.6 Å². The van der Waals surface area contributed by atoms with E-state index in [1.807, 2.05) is 0 Å². The Hall–Kier alpha value is -1.66. The van der Waals surface area contributed by atoms with Crippen molar-refractivity contribution in [3.05, 3.63) is 23.9 Å². The van der Waals surface area contributed by atoms with E-state index >= 15 is 0 Å². The second kappa shape index (κ2) is 7.06. The van der Waals surface area contributed by atoms with Gasteiger partial charge in [0.2, 0.25) is 0 Å². The van der Waals surface area contributed by atoms with E-state index < -0.39 is 0 Å². The predicted molar refractivity (Wildman–Crippen MR) is 71.3 cm³/mol. The summed E-state index contributed by atoms with van der Waals surface area (Å²) < 4.78 is 10.4. The molecule has 1 aromatic rings. The molecule has 2 heterocycles. The number of hydrogen-bond acceptors (Lipinski definition) is 6. The highest BCUT2D eigenvalue weighted by atomic mass is 16.5. The first kappa shape index (κ1) is 13.8. The lowest BCUT2D eigenvalue weighted by Gasteiger charge is -2.24. The number of nitrogens with one attached hydrogen (secondary N) is 2. The number of aromatic nitrogens is 1. The van der Waals surface area contributed by atoms with E-state index in [4.69, 9.17) is 9.47 Å². The van der Waals surface area contributed by atoms with E-state index in [9.17, 15) is 4.79 Å². The third-order valence-corrected chi connectivity index (χ3v) is 2.82. The molecule has 0 radical (unpaired) electrons. The van der Waals surface area contributed by atoms with Crippen molar-refractivity contribution in [3.8, 4) is 0 Å². The molecule has 1 aliphatic heterocycles. The average molecular weight is 265 g/mol. The maximum Gasteiger partial charge on any atom is 0.341 e. The lowest BCUT2D eigenvalue weighted by Crippen LogP contribution is -2.45. The highest BCUT2D eigenvalue weighted by Crippen LogP contribution is 2.13. The van der Waals surface area contributed by atoms with E-state index in [1.54, 1.807) is 25.3 Å². The largest absolute Gasteiger partial charge is 0.462 e. The van der Waals surface area contributed by atoms with Gasteiger partial charge in [0, 0.05) is 25.3 Å². The summed E-state index contributed by atoms with van der Waals surface area (Å²) in [5, 5.41) is 6.50. The zero-order valence-corrected chi connectivity index (χ0v) is 11.0. The zero-order chi connectivity index (χ0) is 13.5. The number of anilines is 1. The normalized spacial score (nSPS) is 18.9. The minimum atomic E-state index is -0.356. The SMILES string of the molecule is CCOC(=O)c1cccnc1NCC1COCCN1. The van der Waals surface area contributed by atoms with Crippen LogP contribution in [0.4, 0.5) is 5.82 Å². The van der Waals surface area contributed by atoms with Crippen molar-refractivity contribution >= 4 is 11.8 Å². The molecule has 19 heavy (non-hydrogen) atoms. The first-order chi connectivity index (χ1) is 9.31. The summed E-state index contributed by atoms with van der Waals surface area (Å²) in [5.41, 5.74) is 0.459. The van der Waals surface area contributed by atoms with Crippen molar-refractivity contribution in [2.24, 2.45) is 0 Å². The van der Waals surface area contributed by atoms with Crippen LogP contribution in [0, 0.1) is 0 Å². The summed E-state index contributed by atoms with van der Waals surface area (Å²) in [6.07, 6.45) is 1.65. The van der Waals surface area contributed by atoms with Crippen LogP contribution in [0.1, 0.15) is 17.3 Å². The fourth-order valence-electron chi connectivity index (χ4n) is 1.89. The number of carbonyl (C=O) groups excluding carboxylic acids is 1. The molecule has 2 N–H and O–H groups in total. The molecule has 0 spiro atoms. The van der Waals surface area contributed by atoms with E-state index in [-0.39, 0.29) is 12.0 Å². The minimum Gasteiger partial charge on any atom is -0.462 e. The highest BCUT2D eigenvalue weighted by Gasteiger charge is 2.16. The van der Waals surface area contributed by atoms with Crippen LogP contribution in [-0.4, -0.2) is 49.9 Å². The number of rotatable bonds is 5. The summed E-state index contributed by atoms with van der Waals surface area (Å²) in [7, 11) is 0. The van der Waals surface area contributed by atoms with E-state index in [2.05, 4.69) is 15.6 Å². The quantitative estimate of drug-likeness (QED) is 0.762. The predicted octanol–water partition coefficient (Wildman–Crippen LogP) is 0.659. The van der Waals surface area contributed by atoms with Crippen LogP contribution in [0.3, 0.4) is 0 Å². The van der Waals surface area contributed by atoms with Gasteiger partial charge in [-0.2, -0.15) is 0 Å². The van der Waals surface area contributed by atoms with Gasteiger partial charge in [-0.25, -0.2) is 9.78 Å². The summed E-state index contributed by atoms with van der Waals surface area (Å²) >= 11 is 0. The van der Waals surface area contributed by atoms with Crippen LogP contribution in [0.25, 0.3) is 0 Å². The van der Waals surface area contributed by atoms with Gasteiger partial charge in [0.1, 0.15) is 11.4 Å². The number of esters is 1. The van der Waals surface area contributed by atoms with Gasteiger partial charge in [0.25, 0.3) is 0 Å². The summed E-state index contributed by atoms with van der Waals surface area (Å²) in [4.78, 5) is 16.0. The first-order valence-corrected chi connectivity index (χ1v) is 6.48. The molecular weight excluding hydrogens is 246 g/mol. The molecule has 0 saturated carbocycles. The molecular formula is C13H19N3O3. The Bertz CT molecular complexity index is 419. The van der Waals surface area contributed by atoms with Crippen LogP contribution in [-0.2, 0) is 9.47 Å². The first-order valence-electron chi connectivity index (χ1n) is 6.48. The van der Waals surface area contributed by atoms with Crippen molar-refractivity contribution in [1.82, 2.24) is 10.3 Å². The molecule has 104 valence electrons. The van der Waals surface area contributed by atoms with Gasteiger partial charge in [0.15, 0.2) is 0 Å². The highest BCUT2D eigenvalue weighted by molar-refractivity contribution is 5.94. The zero-order valence-electron chi connectivity index (χ0n) is 11.0. The van der Waals surface area contributed by atoms with Crippen molar-refractivity contribution < 1.29 is 14.3 Å². The second-order valence-corrected chi connectivity index (χ2v) is 4.23. The van der Waals surface area contributed by atoms with Crippen LogP contribution in [0.15, 0.2) is 18.3 Å². The fourth-order valence-corrected chi connectivity index (χ4v) is 1.89. The van der Waals surface area contributed by atoms with Crippen LogP contribution >= 0.6 is 0 Å². The Kier molecular flexibility index (Phi) is 5.11. The molecule has 2 rings (SSSR count). The van der Waals surface area contributed by atoms with Gasteiger partial charge < -0.3 is 20.1 Å². The number of morpholine rings is 1. The number of pyridine rings is 1. The molecule has 0 bridgehead atoms. The van der Waals surface area contributed by atoms with E-state index in [1.165, 1.54) is 0 Å². The third kappa shape index (κ3) is 3.90. The molecule has 1 fully saturated rings. The fraction of sp³-hybridized carbons (Fsp3) is 0.538. The Morgan fingerprint density at radius 1 is 1.68 bits per heavy atom. The van der Waals surface area contributed by atoms with Gasteiger partial charge >= 0.3 is 5.97 Å². The Labute approximate surface area is 112 Å². The molecule has 0 aliphatic carbocycles. The maximum atomic E-state index is 11.8. The number of nitrogens with zero attached hydrogens (tertiary/aromatic N) is 1. The standard InChI is InChI=1S/C13H19N3O3/c1-2-19-13(17)11-4-3-5-15-12(11)16-8-10-9-18-7-6-14-10/h3-5,10,14H,2,6-9H2,1H3,(H,15,16). The lowest BCUT2D eigenvalue weighted by atomic mass is 10.2. The maximum absolute atomic E-state index is 11.8. The van der Waals surface area contributed by atoms with Gasteiger partial charge in [-0.15, -0.1) is 0 Å². The number of ether oxygens (including phenoxy) is 2. The molecule has 1 saturated heterocycles. The number of carbonyl (C=O) groups is 1. The van der Waals surface area contributed by atoms with Crippen molar-refractivity contribution in [3.63, 3.8) is 0 Å². The monoisotopic (exact) mass is 265 g/mol. The second-order valence-electron chi connectivity index (χ2n) is 4.23. The molecule has 6 heteroatoms. The number of hydrogen-bond donors (Lipinski definition) is 2. The Balaban J connectivity index is 1.97. The van der Waals surface area contributed by atoms with E-state index in [0.29, 0.717) is 31.1 Å². The van der Waals surface area contributed by atoms with Gasteiger partial charge in [-0.05, 0) is 19.1 Å². The van der Waals surface area contributed by atoms with Gasteiger partial charge in [-0.3, -0.25) is 0 Å². The molecule has 0 amide bonds. The lowest BCUT2D eigenvalue weighted by molar-refractivity contribution is 0.0527. The molecule has 0 aromatic carbocycles. The van der Waals surface area contributed by atoms with Crippen LogP contribution in [0.5, 0.6) is 0 Å². The summed E-state index contributed by atoms with van der Waals surface area (Å²) in [5.74, 6) is 0.194. The van der Waals surface area contributed by atoms with Gasteiger partial charge in [0.05, 0.1) is 19.8 Å². The molecule has 1 aromatic heterocycles. The van der Waals surface area contributed by atoms with Crippen molar-refractivity contribution in [2.75, 3.05) is 38.2 Å². The summed E-state index contributed by atoms with van der Waals surface area (Å²) in [6, 6.07) is 3.66. The minimum absolute atomic E-state index is 0.228. The van der Waals surface area contributed by atoms with Crippen LogP contribution in [0.2, 0.25) is 0 Å². The molecule has 1 unspecified atom stereocenters. The topological polar surface area (TPSA) is 72.5 Å².